The summed E-state index contributed by atoms with van der Waals surface area (Å²) >= 11 is 0. The Morgan fingerprint density at radius 1 is 1.21 bits per heavy atom. The predicted molar refractivity (Wildman–Crippen MR) is 73.5 cm³/mol. The molecule has 1 aromatic heterocycles. The van der Waals surface area contributed by atoms with Crippen molar-refractivity contribution in [3.63, 3.8) is 0 Å². The third-order valence-electron chi connectivity index (χ3n) is 2.99. The summed E-state index contributed by atoms with van der Waals surface area (Å²) in [5.41, 5.74) is 8.23. The minimum Gasteiger partial charge on any atom is -0.493 e. The third kappa shape index (κ3) is 2.23. The highest BCUT2D eigenvalue weighted by Crippen LogP contribution is 2.41. The molecule has 0 radical (unpaired) electrons. The van der Waals surface area contributed by atoms with Gasteiger partial charge >= 0.3 is 0 Å². The van der Waals surface area contributed by atoms with E-state index in [1.165, 1.54) is 0 Å². The molecule has 0 bridgehead atoms. The van der Waals surface area contributed by atoms with E-state index in [-0.39, 0.29) is 5.92 Å². The summed E-state index contributed by atoms with van der Waals surface area (Å²) in [5, 5.41) is 4.06. The van der Waals surface area contributed by atoms with Crippen molar-refractivity contribution in [1.82, 2.24) is 5.16 Å². The van der Waals surface area contributed by atoms with Crippen molar-refractivity contribution in [1.29, 1.82) is 0 Å². The second kappa shape index (κ2) is 5.22. The van der Waals surface area contributed by atoms with Crippen LogP contribution in [0.5, 0.6) is 11.5 Å². The van der Waals surface area contributed by atoms with Crippen LogP contribution >= 0.6 is 0 Å². The van der Waals surface area contributed by atoms with Crippen LogP contribution in [-0.4, -0.2) is 19.4 Å². The lowest BCUT2D eigenvalue weighted by molar-refractivity contribution is 0.355. The van der Waals surface area contributed by atoms with Gasteiger partial charge in [-0.05, 0) is 18.1 Å². The highest BCUT2D eigenvalue weighted by Gasteiger charge is 2.22. The molecule has 0 fully saturated rings. The number of rotatable bonds is 4. The average Bonchev–Trinajstić information content (AvgIpc) is 2.79. The zero-order valence-corrected chi connectivity index (χ0v) is 11.6. The first-order valence-corrected chi connectivity index (χ1v) is 6.06. The number of hydrogen-bond donors (Lipinski definition) is 1. The van der Waals surface area contributed by atoms with E-state index < -0.39 is 0 Å². The van der Waals surface area contributed by atoms with Crippen molar-refractivity contribution in [2.24, 2.45) is 0 Å². The van der Waals surface area contributed by atoms with Crippen LogP contribution in [0.2, 0.25) is 0 Å². The maximum absolute atomic E-state index is 5.84. The molecular formula is C14H18N2O3. The number of benzene rings is 1. The van der Waals surface area contributed by atoms with Crippen molar-refractivity contribution in [3.8, 4) is 22.8 Å². The highest BCUT2D eigenvalue weighted by molar-refractivity contribution is 5.76. The molecule has 0 saturated carbocycles. The van der Waals surface area contributed by atoms with Gasteiger partial charge in [0.2, 0.25) is 5.88 Å². The zero-order chi connectivity index (χ0) is 14.0. The van der Waals surface area contributed by atoms with Gasteiger partial charge in [-0.1, -0.05) is 25.1 Å². The van der Waals surface area contributed by atoms with Crippen LogP contribution in [0.3, 0.4) is 0 Å². The van der Waals surface area contributed by atoms with E-state index in [1.54, 1.807) is 14.2 Å². The SMILES string of the molecule is COc1cccc(-c2noc(N)c2C(C)C)c1OC. The number of methoxy groups -OCH3 is 2. The fourth-order valence-corrected chi connectivity index (χ4v) is 2.14. The van der Waals surface area contributed by atoms with E-state index >= 15 is 0 Å². The summed E-state index contributed by atoms with van der Waals surface area (Å²) in [5.74, 6) is 1.82. The van der Waals surface area contributed by atoms with Gasteiger partial charge in [0.05, 0.1) is 19.8 Å². The van der Waals surface area contributed by atoms with Crippen molar-refractivity contribution < 1.29 is 14.0 Å². The molecule has 0 spiro atoms. The topological polar surface area (TPSA) is 70.5 Å². The molecule has 5 heteroatoms. The van der Waals surface area contributed by atoms with Gasteiger partial charge in [0.25, 0.3) is 0 Å². The molecule has 0 aliphatic heterocycles. The second-order valence-corrected chi connectivity index (χ2v) is 4.50. The van der Waals surface area contributed by atoms with Gasteiger partial charge in [0.15, 0.2) is 11.5 Å². The summed E-state index contributed by atoms with van der Waals surface area (Å²) in [7, 11) is 3.20. The lowest BCUT2D eigenvalue weighted by Gasteiger charge is -2.12. The first kappa shape index (κ1) is 13.3. The fraction of sp³-hybridized carbons (Fsp3) is 0.357. The van der Waals surface area contributed by atoms with Gasteiger partial charge < -0.3 is 19.7 Å². The minimum atomic E-state index is 0.206. The average molecular weight is 262 g/mol. The molecule has 0 amide bonds. The largest absolute Gasteiger partial charge is 0.493 e. The molecule has 2 N–H and O–H groups in total. The van der Waals surface area contributed by atoms with Crippen molar-refractivity contribution in [2.45, 2.75) is 19.8 Å². The van der Waals surface area contributed by atoms with E-state index in [9.17, 15) is 0 Å². The van der Waals surface area contributed by atoms with Crippen LogP contribution in [0.4, 0.5) is 5.88 Å². The Kier molecular flexibility index (Phi) is 3.64. The van der Waals surface area contributed by atoms with Crippen molar-refractivity contribution in [2.75, 3.05) is 20.0 Å². The molecule has 1 heterocycles. The summed E-state index contributed by atoms with van der Waals surface area (Å²) < 4.78 is 15.8. The van der Waals surface area contributed by atoms with Crippen molar-refractivity contribution in [3.05, 3.63) is 23.8 Å². The molecule has 0 unspecified atom stereocenters. The van der Waals surface area contributed by atoms with Crippen LogP contribution in [0, 0.1) is 0 Å². The second-order valence-electron chi connectivity index (χ2n) is 4.50. The molecule has 0 aliphatic carbocycles. The Hall–Kier alpha value is -2.17. The summed E-state index contributed by atoms with van der Waals surface area (Å²) in [4.78, 5) is 0. The number of anilines is 1. The molecule has 0 saturated heterocycles. The Labute approximate surface area is 112 Å². The molecule has 19 heavy (non-hydrogen) atoms. The molecule has 5 nitrogen and oxygen atoms in total. The number of nitrogens with two attached hydrogens (primary N) is 1. The molecule has 0 atom stereocenters. The number of nitrogens with zero attached hydrogens (tertiary/aromatic N) is 1. The van der Waals surface area contributed by atoms with Crippen LogP contribution in [0.1, 0.15) is 25.3 Å². The molecule has 0 aliphatic rings. The monoisotopic (exact) mass is 262 g/mol. The Morgan fingerprint density at radius 3 is 2.53 bits per heavy atom. The summed E-state index contributed by atoms with van der Waals surface area (Å²) in [6, 6.07) is 5.62. The Balaban J connectivity index is 2.65. The quantitative estimate of drug-likeness (QED) is 0.916. The van der Waals surface area contributed by atoms with E-state index in [2.05, 4.69) is 5.16 Å². The zero-order valence-electron chi connectivity index (χ0n) is 11.6. The van der Waals surface area contributed by atoms with Gasteiger partial charge in [-0.25, -0.2) is 0 Å². The number of nitrogen functional groups attached to an aromatic ring is 1. The van der Waals surface area contributed by atoms with Crippen LogP contribution in [0.25, 0.3) is 11.3 Å². The maximum atomic E-state index is 5.84. The number of para-hydroxylation sites is 1. The van der Waals surface area contributed by atoms with E-state index in [4.69, 9.17) is 19.7 Å². The molecule has 2 rings (SSSR count). The molecule has 2 aromatic rings. The number of aromatic nitrogens is 1. The highest BCUT2D eigenvalue weighted by atomic mass is 16.5. The first-order chi connectivity index (χ1) is 9.10. The van der Waals surface area contributed by atoms with Gasteiger partial charge in [-0.3, -0.25) is 0 Å². The number of ether oxygens (including phenoxy) is 2. The van der Waals surface area contributed by atoms with Gasteiger partial charge in [-0.2, -0.15) is 0 Å². The van der Waals surface area contributed by atoms with Crippen LogP contribution < -0.4 is 15.2 Å². The maximum Gasteiger partial charge on any atom is 0.226 e. The van der Waals surface area contributed by atoms with E-state index in [1.807, 2.05) is 32.0 Å². The van der Waals surface area contributed by atoms with Crippen LogP contribution in [0.15, 0.2) is 22.7 Å². The first-order valence-electron chi connectivity index (χ1n) is 6.06. The van der Waals surface area contributed by atoms with Crippen molar-refractivity contribution >= 4 is 5.88 Å². The fourth-order valence-electron chi connectivity index (χ4n) is 2.14. The third-order valence-corrected chi connectivity index (χ3v) is 2.99. The lowest BCUT2D eigenvalue weighted by Crippen LogP contribution is -1.97. The smallest absolute Gasteiger partial charge is 0.226 e. The number of hydrogen-bond acceptors (Lipinski definition) is 5. The van der Waals surface area contributed by atoms with Gasteiger partial charge in [0.1, 0.15) is 5.69 Å². The van der Waals surface area contributed by atoms with Gasteiger partial charge in [-0.15, -0.1) is 0 Å². The molecule has 102 valence electrons. The van der Waals surface area contributed by atoms with E-state index in [0.717, 1.165) is 11.1 Å². The normalized spacial score (nSPS) is 10.8. The summed E-state index contributed by atoms with van der Waals surface area (Å²) in [6.07, 6.45) is 0. The predicted octanol–water partition coefficient (Wildman–Crippen LogP) is 3.06. The standard InChI is InChI=1S/C14H18N2O3/c1-8(2)11-12(16-19-14(11)15)9-6-5-7-10(17-3)13(9)18-4/h5-8H,15H2,1-4H3. The Bertz CT molecular complexity index is 576. The summed E-state index contributed by atoms with van der Waals surface area (Å²) in [6.45, 7) is 4.08. The lowest BCUT2D eigenvalue weighted by atomic mass is 9.98. The van der Waals surface area contributed by atoms with Crippen LogP contribution in [-0.2, 0) is 0 Å². The molecule has 1 aromatic carbocycles. The van der Waals surface area contributed by atoms with E-state index in [0.29, 0.717) is 23.1 Å². The Morgan fingerprint density at radius 2 is 1.95 bits per heavy atom. The molecular weight excluding hydrogens is 244 g/mol. The van der Waals surface area contributed by atoms with Gasteiger partial charge in [0, 0.05) is 5.56 Å². The minimum absolute atomic E-state index is 0.206.